The lowest BCUT2D eigenvalue weighted by Crippen LogP contribution is -2.52. The maximum Gasteiger partial charge on any atom is 0.301 e. The molecule has 0 saturated carbocycles. The molecule has 1 unspecified atom stereocenters. The third-order valence-corrected chi connectivity index (χ3v) is 13.0. The number of carbonyl (C=O) groups excluding carboxylic acids is 3. The number of nitrogens with one attached hydrogen (secondary N) is 2. The number of hydrogen-bond acceptors (Lipinski definition) is 12. The van der Waals surface area contributed by atoms with E-state index in [1.165, 1.54) is 41.5 Å². The number of benzene rings is 3. The summed E-state index contributed by atoms with van der Waals surface area (Å²) in [5.74, 6) is -1.90. The van der Waals surface area contributed by atoms with E-state index in [1.54, 1.807) is 11.0 Å². The van der Waals surface area contributed by atoms with Crippen LogP contribution in [-0.2, 0) is 26.3 Å². The van der Waals surface area contributed by atoms with Gasteiger partial charge in [-0.25, -0.2) is 23.7 Å². The van der Waals surface area contributed by atoms with Crippen molar-refractivity contribution in [3.05, 3.63) is 106 Å². The van der Waals surface area contributed by atoms with Gasteiger partial charge in [-0.1, -0.05) is 12.1 Å². The molecule has 0 bridgehead atoms. The number of anilines is 2. The molecule has 4 aliphatic heterocycles. The molecule has 9 rings (SSSR count). The second-order valence-corrected chi connectivity index (χ2v) is 17.0. The van der Waals surface area contributed by atoms with Gasteiger partial charge in [0.1, 0.15) is 35.9 Å². The summed E-state index contributed by atoms with van der Waals surface area (Å²) in [4.78, 5) is 68.3. The molecule has 61 heavy (non-hydrogen) atoms. The number of fused-ring (bicyclic) bond motifs is 2. The largest absolute Gasteiger partial charge is 0.453 e. The molecule has 3 aromatic carbocycles. The van der Waals surface area contributed by atoms with Gasteiger partial charge in [0, 0.05) is 44.7 Å². The quantitative estimate of drug-likeness (QED) is 0.203. The van der Waals surface area contributed by atoms with E-state index in [4.69, 9.17) is 4.74 Å². The van der Waals surface area contributed by atoms with E-state index in [9.17, 15) is 37.2 Å². The second-order valence-electron chi connectivity index (χ2n) is 15.3. The Kier molecular flexibility index (Phi) is 10.2. The highest BCUT2D eigenvalue weighted by Crippen LogP contribution is 2.36. The first-order valence-electron chi connectivity index (χ1n) is 19.6. The fraction of sp³-hybridized carbons (Fsp3) is 0.317. The van der Waals surface area contributed by atoms with Crippen molar-refractivity contribution in [1.82, 2.24) is 34.0 Å². The molecule has 312 valence electrons. The highest BCUT2D eigenvalue weighted by Gasteiger charge is 2.39. The SMILES string of the molecule is N#Cc1c(NS(=O)(=O)N2CC[C@@H](F)C2)ccc(F)c1Oc1ccc2ncn(-c3cnc(N4CCC(c5ccc6c(c5)C(=O)N(C5CCC(=O)NC5=O)C6)CC4)nc3)c(=O)c2c1. The average molecular weight is 851 g/mol. The number of piperidine rings is 2. The van der Waals surface area contributed by atoms with E-state index in [0.717, 1.165) is 40.4 Å². The van der Waals surface area contributed by atoms with Crippen LogP contribution in [0, 0.1) is 17.1 Å². The Morgan fingerprint density at radius 1 is 0.934 bits per heavy atom. The van der Waals surface area contributed by atoms with Crippen molar-refractivity contribution in [2.75, 3.05) is 35.8 Å². The third kappa shape index (κ3) is 7.50. The van der Waals surface area contributed by atoms with Gasteiger partial charge in [-0.15, -0.1) is 0 Å². The lowest BCUT2D eigenvalue weighted by atomic mass is 9.88. The van der Waals surface area contributed by atoms with Crippen molar-refractivity contribution in [2.45, 2.75) is 56.8 Å². The maximum atomic E-state index is 15.1. The molecule has 0 radical (unpaired) electrons. The maximum absolute atomic E-state index is 15.1. The predicted molar refractivity (Wildman–Crippen MR) is 214 cm³/mol. The number of halogens is 2. The third-order valence-electron chi connectivity index (χ3n) is 11.5. The number of amides is 3. The minimum absolute atomic E-state index is 0.0306. The molecule has 2 N–H and O–H groups in total. The first-order valence-corrected chi connectivity index (χ1v) is 21.0. The van der Waals surface area contributed by atoms with E-state index in [0.29, 0.717) is 48.8 Å². The van der Waals surface area contributed by atoms with Crippen LogP contribution in [0.25, 0.3) is 16.6 Å². The van der Waals surface area contributed by atoms with Gasteiger partial charge in [0.25, 0.3) is 11.5 Å². The number of hydrogen-bond donors (Lipinski definition) is 2. The zero-order valence-corrected chi connectivity index (χ0v) is 33.1. The smallest absolute Gasteiger partial charge is 0.301 e. The van der Waals surface area contributed by atoms with Crippen LogP contribution in [0.4, 0.5) is 20.4 Å². The summed E-state index contributed by atoms with van der Waals surface area (Å²) in [6.45, 7) is 1.20. The van der Waals surface area contributed by atoms with E-state index in [2.05, 4.69) is 25.0 Å². The molecule has 0 aliphatic carbocycles. The normalized spacial score (nSPS) is 19.9. The molecular formula is C41H36F2N10O7S. The van der Waals surface area contributed by atoms with Gasteiger partial charge in [-0.05, 0) is 79.1 Å². The molecule has 2 atom stereocenters. The molecule has 0 spiro atoms. The van der Waals surface area contributed by atoms with Crippen LogP contribution >= 0.6 is 0 Å². The van der Waals surface area contributed by atoms with Crippen molar-refractivity contribution in [1.29, 1.82) is 5.26 Å². The highest BCUT2D eigenvalue weighted by atomic mass is 32.2. The van der Waals surface area contributed by atoms with Crippen LogP contribution in [0.2, 0.25) is 0 Å². The molecule has 6 heterocycles. The van der Waals surface area contributed by atoms with Crippen LogP contribution < -0.4 is 25.2 Å². The van der Waals surface area contributed by atoms with Crippen LogP contribution in [0.5, 0.6) is 11.5 Å². The summed E-state index contributed by atoms with van der Waals surface area (Å²) in [6, 6.07) is 13.2. The Morgan fingerprint density at radius 2 is 1.72 bits per heavy atom. The average Bonchev–Trinajstić information content (AvgIpc) is 3.85. The van der Waals surface area contributed by atoms with Gasteiger partial charge < -0.3 is 14.5 Å². The van der Waals surface area contributed by atoms with Crippen LogP contribution in [0.15, 0.2) is 72.0 Å². The highest BCUT2D eigenvalue weighted by molar-refractivity contribution is 7.90. The molecule has 20 heteroatoms. The van der Waals surface area contributed by atoms with Crippen LogP contribution in [-0.4, -0.2) is 93.3 Å². The van der Waals surface area contributed by atoms with Gasteiger partial charge in [0.15, 0.2) is 11.6 Å². The number of nitriles is 1. The van der Waals surface area contributed by atoms with Gasteiger partial charge in [0.05, 0.1) is 34.7 Å². The first kappa shape index (κ1) is 39.6. The number of ether oxygens (including phenoxy) is 1. The molecule has 2 aromatic heterocycles. The van der Waals surface area contributed by atoms with Crippen molar-refractivity contribution in [2.24, 2.45) is 0 Å². The van der Waals surface area contributed by atoms with E-state index in [-0.39, 0.29) is 60.5 Å². The standard InChI is InChI=1S/C41H36F2N10O7S/c42-26-11-14-51(21-26)61(58,59)49-34-6-4-32(43)37(31(34)17-44)60-28-3-5-33-30(16-28)40(57)53(22-47-33)27-18-45-41(46-19-27)50-12-9-23(10-13-50)24-1-2-25-20-52(39(56)29(25)15-24)35-7-8-36(54)48-38(35)55/h1-6,15-16,18-19,22-23,26,35,49H,7-14,20-21H2,(H,48,54,55)/t26-,35?/m1/s1. The van der Waals surface area contributed by atoms with Crippen molar-refractivity contribution in [3.8, 4) is 23.3 Å². The summed E-state index contributed by atoms with van der Waals surface area (Å²) in [5.41, 5.74) is 1.86. The monoisotopic (exact) mass is 850 g/mol. The summed E-state index contributed by atoms with van der Waals surface area (Å²) in [7, 11) is -4.26. The van der Waals surface area contributed by atoms with Gasteiger partial charge in [-0.2, -0.15) is 18.0 Å². The summed E-state index contributed by atoms with van der Waals surface area (Å²) in [5, 5.41) is 12.3. The summed E-state index contributed by atoms with van der Waals surface area (Å²) < 4.78 is 64.8. The Morgan fingerprint density at radius 3 is 2.44 bits per heavy atom. The fourth-order valence-electron chi connectivity index (χ4n) is 8.27. The van der Waals surface area contributed by atoms with Crippen LogP contribution in [0.3, 0.4) is 0 Å². The minimum atomic E-state index is -4.26. The number of alkyl halides is 1. The zero-order valence-electron chi connectivity index (χ0n) is 32.3. The number of nitrogens with zero attached hydrogens (tertiary/aromatic N) is 8. The topological polar surface area (TPSA) is 213 Å². The Balaban J connectivity index is 0.873. The van der Waals surface area contributed by atoms with E-state index >= 15 is 4.39 Å². The lowest BCUT2D eigenvalue weighted by Gasteiger charge is -2.32. The van der Waals surface area contributed by atoms with Gasteiger partial charge >= 0.3 is 10.2 Å². The summed E-state index contributed by atoms with van der Waals surface area (Å²) in [6.07, 6.45) is 5.08. The molecule has 3 fully saturated rings. The predicted octanol–water partition coefficient (Wildman–Crippen LogP) is 3.82. The van der Waals surface area contributed by atoms with Gasteiger partial charge in [-0.3, -0.25) is 33.8 Å². The molecule has 4 aliphatic rings. The van der Waals surface area contributed by atoms with Crippen molar-refractivity contribution >= 4 is 50.5 Å². The Bertz CT molecular complexity index is 2850. The molecule has 3 saturated heterocycles. The van der Waals surface area contributed by atoms with Crippen molar-refractivity contribution < 1.29 is 36.3 Å². The zero-order chi connectivity index (χ0) is 42.6. The first-order chi connectivity index (χ1) is 29.4. The minimum Gasteiger partial charge on any atom is -0.453 e. The molecule has 17 nitrogen and oxygen atoms in total. The van der Waals surface area contributed by atoms with E-state index < -0.39 is 51.0 Å². The van der Waals surface area contributed by atoms with Crippen LogP contribution in [0.1, 0.15) is 65.1 Å². The lowest BCUT2D eigenvalue weighted by molar-refractivity contribution is -0.136. The Hall–Kier alpha value is -6.85. The second kappa shape index (κ2) is 15.6. The summed E-state index contributed by atoms with van der Waals surface area (Å²) >= 11 is 0. The molecular weight excluding hydrogens is 815 g/mol. The Labute approximate surface area is 346 Å². The molecule has 3 amide bonds. The number of aromatic nitrogens is 4. The number of carbonyl (C=O) groups is 3. The number of rotatable bonds is 9. The number of imide groups is 1. The van der Waals surface area contributed by atoms with Crippen molar-refractivity contribution in [3.63, 3.8) is 0 Å². The fourth-order valence-corrected chi connectivity index (χ4v) is 9.55. The van der Waals surface area contributed by atoms with Gasteiger partial charge in [0.2, 0.25) is 17.8 Å². The van der Waals surface area contributed by atoms with E-state index in [1.807, 2.05) is 23.1 Å². The molecule has 5 aromatic rings.